The Morgan fingerprint density at radius 3 is 2.62 bits per heavy atom. The normalized spacial score (nSPS) is 16.7. The fourth-order valence-corrected chi connectivity index (χ4v) is 3.30. The van der Waals surface area contributed by atoms with Gasteiger partial charge in [0.05, 0.1) is 18.4 Å². The maximum atomic E-state index is 13.0. The van der Waals surface area contributed by atoms with Crippen molar-refractivity contribution in [2.75, 3.05) is 13.7 Å². The Bertz CT molecular complexity index is 1020. The highest BCUT2D eigenvalue weighted by molar-refractivity contribution is 5.95. The van der Waals surface area contributed by atoms with Crippen LogP contribution < -0.4 is 5.43 Å². The van der Waals surface area contributed by atoms with E-state index in [1.54, 1.807) is 0 Å². The molecule has 1 unspecified atom stereocenters. The summed E-state index contributed by atoms with van der Waals surface area (Å²) in [6.07, 6.45) is -3.60. The van der Waals surface area contributed by atoms with E-state index in [-0.39, 0.29) is 17.9 Å². The Hall–Kier alpha value is -3.17. The van der Waals surface area contributed by atoms with Gasteiger partial charge in [0.2, 0.25) is 5.43 Å². The minimum absolute atomic E-state index is 0.0531. The molecule has 1 aliphatic rings. The number of rotatable bonds is 3. The maximum Gasteiger partial charge on any atom is 0.416 e. The zero-order chi connectivity index (χ0) is 21.3. The number of esters is 1. The average Bonchev–Trinajstić information content (AvgIpc) is 3.16. The standard InChI is InChI=1S/C19H18F3N3O4/c1-11-9-15(26)16(17(27)24-8-4-7-14(24)18(28)29-2)23-25(11)13-6-3-5-12(10-13)19(20,21)22/h3,5-6,9-10,14H,4,7-8H2,1-2H3. The first-order valence-electron chi connectivity index (χ1n) is 8.81. The fraction of sp³-hybridized carbons (Fsp3) is 0.368. The highest BCUT2D eigenvalue weighted by atomic mass is 19.4. The number of hydrogen-bond donors (Lipinski definition) is 0. The molecule has 2 heterocycles. The number of hydrogen-bond acceptors (Lipinski definition) is 5. The van der Waals surface area contributed by atoms with Crippen molar-refractivity contribution in [3.63, 3.8) is 0 Å². The Labute approximate surface area is 163 Å². The molecule has 1 aliphatic heterocycles. The van der Waals surface area contributed by atoms with Gasteiger partial charge in [0, 0.05) is 18.3 Å². The van der Waals surface area contributed by atoms with Crippen LogP contribution in [0.15, 0.2) is 35.1 Å². The van der Waals surface area contributed by atoms with Gasteiger partial charge in [-0.15, -0.1) is 0 Å². The third-order valence-corrected chi connectivity index (χ3v) is 4.72. The molecule has 1 fully saturated rings. The van der Waals surface area contributed by atoms with Gasteiger partial charge >= 0.3 is 12.1 Å². The molecule has 0 bridgehead atoms. The Morgan fingerprint density at radius 1 is 1.24 bits per heavy atom. The van der Waals surface area contributed by atoms with E-state index in [9.17, 15) is 27.6 Å². The summed E-state index contributed by atoms with van der Waals surface area (Å²) in [5, 5.41) is 4.02. The Balaban J connectivity index is 2.04. The lowest BCUT2D eigenvalue weighted by Gasteiger charge is -2.22. The van der Waals surface area contributed by atoms with Crippen molar-refractivity contribution in [3.8, 4) is 5.69 Å². The monoisotopic (exact) mass is 409 g/mol. The minimum Gasteiger partial charge on any atom is -0.467 e. The highest BCUT2D eigenvalue weighted by Gasteiger charge is 2.37. The van der Waals surface area contributed by atoms with Gasteiger partial charge in [0.15, 0.2) is 5.69 Å². The van der Waals surface area contributed by atoms with Crippen LogP contribution in [0, 0.1) is 6.92 Å². The lowest BCUT2D eigenvalue weighted by atomic mass is 10.2. The van der Waals surface area contributed by atoms with Crippen molar-refractivity contribution in [2.24, 2.45) is 0 Å². The van der Waals surface area contributed by atoms with Crippen molar-refractivity contribution in [3.05, 3.63) is 57.5 Å². The first-order chi connectivity index (χ1) is 13.6. The van der Waals surface area contributed by atoms with Crippen LogP contribution in [0.4, 0.5) is 13.2 Å². The summed E-state index contributed by atoms with van der Waals surface area (Å²) in [5.41, 5.74) is -1.71. The zero-order valence-electron chi connectivity index (χ0n) is 15.7. The van der Waals surface area contributed by atoms with E-state index in [0.717, 1.165) is 22.9 Å². The summed E-state index contributed by atoms with van der Waals surface area (Å²) >= 11 is 0. The van der Waals surface area contributed by atoms with Crippen molar-refractivity contribution in [2.45, 2.75) is 32.0 Å². The van der Waals surface area contributed by atoms with Crippen LogP contribution in [-0.4, -0.2) is 46.3 Å². The van der Waals surface area contributed by atoms with Crippen LogP contribution in [0.5, 0.6) is 0 Å². The molecule has 7 nitrogen and oxygen atoms in total. The van der Waals surface area contributed by atoms with E-state index in [1.165, 1.54) is 31.1 Å². The van der Waals surface area contributed by atoms with E-state index >= 15 is 0 Å². The molecule has 1 amide bonds. The number of amides is 1. The molecule has 0 aliphatic carbocycles. The Morgan fingerprint density at radius 2 is 1.97 bits per heavy atom. The van der Waals surface area contributed by atoms with E-state index in [4.69, 9.17) is 4.74 Å². The van der Waals surface area contributed by atoms with E-state index in [0.29, 0.717) is 12.8 Å². The van der Waals surface area contributed by atoms with Crippen molar-refractivity contribution in [1.82, 2.24) is 14.7 Å². The number of benzene rings is 1. The van der Waals surface area contributed by atoms with Gasteiger partial charge in [-0.1, -0.05) is 6.07 Å². The number of likely N-dealkylation sites (tertiary alicyclic amines) is 1. The predicted molar refractivity (Wildman–Crippen MR) is 95.6 cm³/mol. The molecule has 154 valence electrons. The van der Waals surface area contributed by atoms with Gasteiger partial charge in [-0.05, 0) is 38.0 Å². The maximum absolute atomic E-state index is 13.0. The van der Waals surface area contributed by atoms with Gasteiger partial charge in [-0.25, -0.2) is 9.48 Å². The molecular weight excluding hydrogens is 391 g/mol. The Kier molecular flexibility index (Phi) is 5.45. The van der Waals surface area contributed by atoms with Crippen LogP contribution in [0.2, 0.25) is 0 Å². The molecular formula is C19H18F3N3O4. The summed E-state index contributed by atoms with van der Waals surface area (Å²) in [7, 11) is 1.20. The SMILES string of the molecule is COC(=O)C1CCCN1C(=O)c1nn(-c2cccc(C(F)(F)F)c2)c(C)cc1=O. The lowest BCUT2D eigenvalue weighted by Crippen LogP contribution is -2.43. The number of carbonyl (C=O) groups excluding carboxylic acids is 2. The molecule has 29 heavy (non-hydrogen) atoms. The molecule has 0 saturated carbocycles. The predicted octanol–water partition coefficient (Wildman–Crippen LogP) is 2.34. The number of carbonyl (C=O) groups is 2. The van der Waals surface area contributed by atoms with Crippen LogP contribution in [-0.2, 0) is 15.7 Å². The number of alkyl halides is 3. The van der Waals surface area contributed by atoms with Crippen molar-refractivity contribution < 1.29 is 27.5 Å². The third kappa shape index (κ3) is 4.01. The molecule has 2 aromatic rings. The number of aryl methyl sites for hydroxylation is 1. The quantitative estimate of drug-likeness (QED) is 0.727. The fourth-order valence-electron chi connectivity index (χ4n) is 3.30. The number of halogens is 3. The third-order valence-electron chi connectivity index (χ3n) is 4.72. The molecule has 1 aromatic carbocycles. The highest BCUT2D eigenvalue weighted by Crippen LogP contribution is 2.30. The van der Waals surface area contributed by atoms with Crippen LogP contribution in [0.3, 0.4) is 0 Å². The molecule has 10 heteroatoms. The summed E-state index contributed by atoms with van der Waals surface area (Å²) < 4.78 is 44.9. The number of nitrogens with zero attached hydrogens (tertiary/aromatic N) is 3. The number of aromatic nitrogens is 2. The van der Waals surface area contributed by atoms with Crippen molar-refractivity contribution in [1.29, 1.82) is 0 Å². The molecule has 1 aromatic heterocycles. The topological polar surface area (TPSA) is 81.5 Å². The molecule has 1 saturated heterocycles. The molecule has 0 spiro atoms. The number of methoxy groups -OCH3 is 1. The second-order valence-corrected chi connectivity index (χ2v) is 6.64. The first-order valence-corrected chi connectivity index (χ1v) is 8.81. The van der Waals surface area contributed by atoms with Crippen LogP contribution >= 0.6 is 0 Å². The van der Waals surface area contributed by atoms with Gasteiger partial charge in [-0.2, -0.15) is 18.3 Å². The summed E-state index contributed by atoms with van der Waals surface area (Å²) in [6.45, 7) is 1.74. The second-order valence-electron chi connectivity index (χ2n) is 6.64. The lowest BCUT2D eigenvalue weighted by molar-refractivity contribution is -0.145. The largest absolute Gasteiger partial charge is 0.467 e. The summed E-state index contributed by atoms with van der Waals surface area (Å²) in [4.78, 5) is 38.4. The molecule has 3 rings (SSSR count). The van der Waals surface area contributed by atoms with Gasteiger partial charge in [0.1, 0.15) is 6.04 Å². The van der Waals surface area contributed by atoms with Gasteiger partial charge in [-0.3, -0.25) is 9.59 Å². The van der Waals surface area contributed by atoms with E-state index < -0.39 is 40.8 Å². The molecule has 0 radical (unpaired) electrons. The van der Waals surface area contributed by atoms with Crippen LogP contribution in [0.25, 0.3) is 5.69 Å². The van der Waals surface area contributed by atoms with E-state index in [1.807, 2.05) is 0 Å². The number of ether oxygens (including phenoxy) is 1. The molecule has 0 N–H and O–H groups in total. The zero-order valence-corrected chi connectivity index (χ0v) is 15.7. The summed E-state index contributed by atoms with van der Waals surface area (Å²) in [6, 6.07) is 4.71. The smallest absolute Gasteiger partial charge is 0.416 e. The molecule has 1 atom stereocenters. The average molecular weight is 409 g/mol. The van der Waals surface area contributed by atoms with E-state index in [2.05, 4.69) is 5.10 Å². The first kappa shape index (κ1) is 20.6. The summed E-state index contributed by atoms with van der Waals surface area (Å²) in [5.74, 6) is -1.36. The van der Waals surface area contributed by atoms with Crippen molar-refractivity contribution >= 4 is 11.9 Å². The second kappa shape index (κ2) is 7.69. The van der Waals surface area contributed by atoms with Gasteiger partial charge < -0.3 is 9.64 Å². The van der Waals surface area contributed by atoms with Crippen LogP contribution in [0.1, 0.15) is 34.6 Å². The minimum atomic E-state index is -4.55. The van der Waals surface area contributed by atoms with Gasteiger partial charge in [0.25, 0.3) is 5.91 Å².